The third-order valence-corrected chi connectivity index (χ3v) is 7.59. The minimum Gasteiger partial charge on any atom is -0.432 e. The van der Waals surface area contributed by atoms with Crippen molar-refractivity contribution in [2.24, 2.45) is 0 Å². The monoisotopic (exact) mass is 236 g/mol. The van der Waals surface area contributed by atoms with E-state index in [2.05, 4.69) is 13.8 Å². The maximum absolute atomic E-state index is 10.0. The molecule has 0 atom stereocenters. The van der Waals surface area contributed by atoms with Crippen LogP contribution in [0.2, 0.25) is 18.1 Å². The lowest BCUT2D eigenvalue weighted by Gasteiger charge is -2.35. The Kier molecular flexibility index (Phi) is 6.37. The van der Waals surface area contributed by atoms with Crippen LogP contribution in [0.5, 0.6) is 0 Å². The van der Waals surface area contributed by atoms with Crippen LogP contribution in [-0.2, 0) is 0 Å². The molecule has 0 radical (unpaired) electrons. The smallest absolute Gasteiger partial charge is 0.188 e. The van der Waals surface area contributed by atoms with Crippen molar-refractivity contribution >= 4 is 20.1 Å². The van der Waals surface area contributed by atoms with E-state index in [4.69, 9.17) is 5.11 Å². The molecule has 0 rings (SSSR count). The van der Waals surface area contributed by atoms with Crippen LogP contribution < -0.4 is 0 Å². The van der Waals surface area contributed by atoms with Crippen LogP contribution in [0.25, 0.3) is 0 Å². The summed E-state index contributed by atoms with van der Waals surface area (Å²) in [6, 6.07) is 0. The van der Waals surface area contributed by atoms with Crippen LogP contribution in [-0.4, -0.2) is 36.3 Å². The highest BCUT2D eigenvalue weighted by Gasteiger charge is 2.37. The molecule has 86 valence electrons. The fourth-order valence-electron chi connectivity index (χ4n) is 1.09. The van der Waals surface area contributed by atoms with Gasteiger partial charge in [-0.15, -0.1) is 0 Å². The first-order chi connectivity index (χ1) is 6.31. The van der Waals surface area contributed by atoms with E-state index in [1.807, 2.05) is 13.1 Å². The van der Waals surface area contributed by atoms with E-state index in [-0.39, 0.29) is 11.6 Å². The molecule has 0 aliphatic carbocycles. The van der Waals surface area contributed by atoms with Crippen LogP contribution in [0.15, 0.2) is 0 Å². The number of aliphatic hydroxyl groups is 1. The highest BCUT2D eigenvalue weighted by Crippen LogP contribution is 2.39. The van der Waals surface area contributed by atoms with Gasteiger partial charge in [0.05, 0.1) is 6.61 Å². The molecule has 0 heterocycles. The van der Waals surface area contributed by atoms with Gasteiger partial charge in [0.25, 0.3) is 0 Å². The summed E-state index contributed by atoms with van der Waals surface area (Å²) >= 11 is 1.79. The molecule has 4 heteroatoms. The van der Waals surface area contributed by atoms with Crippen molar-refractivity contribution in [3.05, 3.63) is 0 Å². The maximum Gasteiger partial charge on any atom is 0.188 e. The van der Waals surface area contributed by atoms with Crippen molar-refractivity contribution in [3.8, 4) is 0 Å². The summed E-state index contributed by atoms with van der Waals surface area (Å²) in [6.07, 6.45) is 2.22. The average molecular weight is 236 g/mol. The van der Waals surface area contributed by atoms with Gasteiger partial charge in [-0.3, -0.25) is 0 Å². The van der Waals surface area contributed by atoms with E-state index in [1.54, 1.807) is 11.8 Å². The van der Waals surface area contributed by atoms with Gasteiger partial charge in [0.15, 0.2) is 8.32 Å². The summed E-state index contributed by atoms with van der Waals surface area (Å²) in [6.45, 7) is 8.61. The number of aliphatic hydroxyl groups excluding tert-OH is 1. The lowest BCUT2D eigenvalue weighted by Crippen LogP contribution is -2.39. The quantitative estimate of drug-likeness (QED) is 0.527. The van der Waals surface area contributed by atoms with Gasteiger partial charge in [0, 0.05) is 5.75 Å². The van der Waals surface area contributed by atoms with Gasteiger partial charge < -0.3 is 9.90 Å². The Bertz CT molecular complexity index is 155. The van der Waals surface area contributed by atoms with Crippen LogP contribution in [0.3, 0.4) is 0 Å². The van der Waals surface area contributed by atoms with Gasteiger partial charge in [-0.05, 0) is 36.7 Å². The lowest BCUT2D eigenvalue weighted by atomic mass is 10.1. The molecule has 0 aromatic rings. The third kappa shape index (κ3) is 5.39. The van der Waals surface area contributed by atoms with Gasteiger partial charge in [0.1, 0.15) is 0 Å². The van der Waals surface area contributed by atoms with Crippen LogP contribution in [0, 0.1) is 0 Å². The molecular formula is C10H24O2SSi. The molecule has 0 saturated heterocycles. The highest BCUT2D eigenvalue weighted by atomic mass is 32.2. The number of rotatable bonds is 7. The molecule has 0 spiro atoms. The summed E-state index contributed by atoms with van der Waals surface area (Å²) in [7, 11) is -2.01. The molecule has 0 aromatic carbocycles. The zero-order chi connectivity index (χ0) is 11.2. The topological polar surface area (TPSA) is 40.5 Å². The van der Waals surface area contributed by atoms with Crippen molar-refractivity contribution in [1.82, 2.24) is 0 Å². The molecule has 0 aromatic heterocycles. The predicted octanol–water partition coefficient (Wildman–Crippen LogP) is 2.47. The third-order valence-electron chi connectivity index (χ3n) is 2.98. The second-order valence-electron chi connectivity index (χ2n) is 4.88. The molecule has 0 unspecified atom stereocenters. The molecule has 0 aliphatic rings. The number of thioether (sulfide) groups is 1. The Morgan fingerprint density at radius 2 is 1.79 bits per heavy atom. The second kappa shape index (κ2) is 6.15. The molecule has 2 N–H and O–H groups in total. The van der Waals surface area contributed by atoms with E-state index in [9.17, 15) is 4.80 Å². The highest BCUT2D eigenvalue weighted by molar-refractivity contribution is 7.99. The Morgan fingerprint density at radius 1 is 1.21 bits per heavy atom. The van der Waals surface area contributed by atoms with Crippen molar-refractivity contribution in [1.29, 1.82) is 0 Å². The summed E-state index contributed by atoms with van der Waals surface area (Å²) in [5, 5.41) is 8.70. The number of hydrogen-bond acceptors (Lipinski definition) is 3. The fourth-order valence-corrected chi connectivity index (χ4v) is 2.56. The van der Waals surface area contributed by atoms with Gasteiger partial charge in [-0.2, -0.15) is 11.8 Å². The zero-order valence-corrected chi connectivity index (χ0v) is 11.7. The molecular weight excluding hydrogens is 212 g/mol. The standard InChI is InChI=1S/C10H24O2SSi/c1-10(2,14(3,4)12)6-5-8-13-9-7-11/h11-12H,5-9H2,1-4H3. The first-order valence-electron chi connectivity index (χ1n) is 5.22. The normalized spacial score (nSPS) is 13.3. The Balaban J connectivity index is 3.67. The summed E-state index contributed by atoms with van der Waals surface area (Å²) in [5.41, 5.74) is 0. The van der Waals surface area contributed by atoms with E-state index in [0.717, 1.165) is 24.3 Å². The van der Waals surface area contributed by atoms with Gasteiger partial charge in [-0.25, -0.2) is 0 Å². The SMILES string of the molecule is CC(C)(CCCSCCO)[Si](C)(C)O. The minimum absolute atomic E-state index is 0.104. The molecule has 0 fully saturated rings. The van der Waals surface area contributed by atoms with Crippen molar-refractivity contribution in [2.45, 2.75) is 44.8 Å². The first-order valence-corrected chi connectivity index (χ1v) is 9.32. The van der Waals surface area contributed by atoms with E-state index >= 15 is 0 Å². The zero-order valence-electron chi connectivity index (χ0n) is 9.84. The second-order valence-corrected chi connectivity index (χ2v) is 10.6. The summed E-state index contributed by atoms with van der Waals surface area (Å²) in [4.78, 5) is 10.0. The average Bonchev–Trinajstić information content (AvgIpc) is 2.02. The summed E-state index contributed by atoms with van der Waals surface area (Å²) < 4.78 is 0. The Labute approximate surface area is 93.2 Å². The molecule has 0 saturated carbocycles. The Hall–Kier alpha value is 0.487. The van der Waals surface area contributed by atoms with Crippen molar-refractivity contribution < 1.29 is 9.90 Å². The van der Waals surface area contributed by atoms with Gasteiger partial charge in [0.2, 0.25) is 0 Å². The van der Waals surface area contributed by atoms with E-state index in [0.29, 0.717) is 0 Å². The molecule has 0 bridgehead atoms. The first kappa shape index (κ1) is 14.5. The molecule has 14 heavy (non-hydrogen) atoms. The van der Waals surface area contributed by atoms with E-state index < -0.39 is 8.32 Å². The van der Waals surface area contributed by atoms with Crippen LogP contribution in [0.1, 0.15) is 26.7 Å². The molecule has 2 nitrogen and oxygen atoms in total. The summed E-state index contributed by atoms with van der Waals surface area (Å²) in [5.74, 6) is 1.93. The maximum atomic E-state index is 10.0. The minimum atomic E-state index is -2.01. The van der Waals surface area contributed by atoms with Gasteiger partial charge in [-0.1, -0.05) is 13.8 Å². The van der Waals surface area contributed by atoms with Crippen molar-refractivity contribution in [3.63, 3.8) is 0 Å². The fraction of sp³-hybridized carbons (Fsp3) is 1.00. The number of hydrogen-bond donors (Lipinski definition) is 2. The lowest BCUT2D eigenvalue weighted by molar-refractivity contribution is 0.322. The van der Waals surface area contributed by atoms with Crippen LogP contribution in [0.4, 0.5) is 0 Å². The molecule has 0 aliphatic heterocycles. The Morgan fingerprint density at radius 3 is 2.21 bits per heavy atom. The van der Waals surface area contributed by atoms with Crippen LogP contribution >= 0.6 is 11.8 Å². The van der Waals surface area contributed by atoms with E-state index in [1.165, 1.54) is 0 Å². The predicted molar refractivity (Wildman–Crippen MR) is 67.4 cm³/mol. The molecule has 0 amide bonds. The largest absolute Gasteiger partial charge is 0.432 e. The van der Waals surface area contributed by atoms with Crippen molar-refractivity contribution in [2.75, 3.05) is 18.1 Å². The van der Waals surface area contributed by atoms with Gasteiger partial charge >= 0.3 is 0 Å².